The van der Waals surface area contributed by atoms with Crippen molar-refractivity contribution in [3.8, 4) is 0 Å². The molecule has 0 radical (unpaired) electrons. The van der Waals surface area contributed by atoms with Gasteiger partial charge in [-0.25, -0.2) is 0 Å². The third-order valence-electron chi connectivity index (χ3n) is 4.26. The summed E-state index contributed by atoms with van der Waals surface area (Å²) in [6.07, 6.45) is 13.4. The summed E-state index contributed by atoms with van der Waals surface area (Å²) in [5.41, 5.74) is 2.92. The molecule has 0 unspecified atom stereocenters. The molecule has 0 aromatic rings. The van der Waals surface area contributed by atoms with Crippen LogP contribution in [0.25, 0.3) is 0 Å². The summed E-state index contributed by atoms with van der Waals surface area (Å²) in [5.74, 6) is 0. The molecule has 0 aliphatic rings. The highest BCUT2D eigenvalue weighted by atomic mass is 28.4. The second-order valence-corrected chi connectivity index (χ2v) is 10.9. The van der Waals surface area contributed by atoms with Gasteiger partial charge >= 0.3 is 0 Å². The van der Waals surface area contributed by atoms with Crippen LogP contribution in [0.5, 0.6) is 0 Å². The topological polar surface area (TPSA) is 9.23 Å². The van der Waals surface area contributed by atoms with Crippen molar-refractivity contribution in [3.05, 3.63) is 35.6 Å². The van der Waals surface area contributed by atoms with E-state index in [4.69, 9.17) is 4.43 Å². The maximum Gasteiger partial charge on any atom is 0.249 e. The molecule has 21 heavy (non-hydrogen) atoms. The molecular weight excluding hydrogens is 272 g/mol. The van der Waals surface area contributed by atoms with Crippen molar-refractivity contribution in [1.29, 1.82) is 0 Å². The molecule has 0 aromatic heterocycles. The smallest absolute Gasteiger partial charge is 0.249 e. The maximum atomic E-state index is 6.11. The van der Waals surface area contributed by atoms with Crippen LogP contribution < -0.4 is 0 Å². The quantitative estimate of drug-likeness (QED) is 0.173. The van der Waals surface area contributed by atoms with Gasteiger partial charge in [-0.2, -0.15) is 0 Å². The van der Waals surface area contributed by atoms with Crippen molar-refractivity contribution >= 4 is 8.32 Å². The third kappa shape index (κ3) is 9.73. The number of hydrogen-bond donors (Lipinski definition) is 0. The van der Waals surface area contributed by atoms with Crippen LogP contribution in [0.15, 0.2) is 35.6 Å². The minimum atomic E-state index is -1.44. The Morgan fingerprint density at radius 2 is 1.48 bits per heavy atom. The van der Waals surface area contributed by atoms with Crippen LogP contribution in [0, 0.1) is 0 Å². The van der Waals surface area contributed by atoms with Crippen LogP contribution in [0.4, 0.5) is 0 Å². The van der Waals surface area contributed by atoms with Crippen LogP contribution in [-0.2, 0) is 4.43 Å². The molecule has 0 bridgehead atoms. The van der Waals surface area contributed by atoms with Gasteiger partial charge in [-0.1, -0.05) is 50.1 Å². The van der Waals surface area contributed by atoms with E-state index in [1.165, 1.54) is 42.1 Å². The van der Waals surface area contributed by atoms with Gasteiger partial charge in [-0.05, 0) is 64.6 Å². The van der Waals surface area contributed by atoms with Crippen LogP contribution in [0.2, 0.25) is 18.1 Å². The van der Waals surface area contributed by atoms with Crippen LogP contribution in [0.1, 0.15) is 67.2 Å². The molecule has 0 saturated heterocycles. The zero-order valence-electron chi connectivity index (χ0n) is 15.2. The summed E-state index contributed by atoms with van der Waals surface area (Å²) in [7, 11) is -1.44. The van der Waals surface area contributed by atoms with Crippen LogP contribution in [-0.4, -0.2) is 8.32 Å². The first kappa shape index (κ1) is 20.2. The molecule has 1 nitrogen and oxygen atoms in total. The minimum absolute atomic E-state index is 1.08. The number of unbranched alkanes of at least 4 members (excludes halogenated alkanes) is 1. The fourth-order valence-corrected chi connectivity index (χ4v) is 4.76. The van der Waals surface area contributed by atoms with Crippen LogP contribution in [0.3, 0.4) is 0 Å². The molecule has 0 N–H and O–H groups in total. The summed E-state index contributed by atoms with van der Waals surface area (Å²) in [4.78, 5) is 0. The van der Waals surface area contributed by atoms with E-state index in [0.717, 1.165) is 12.8 Å². The van der Waals surface area contributed by atoms with E-state index in [1.807, 2.05) is 6.26 Å². The van der Waals surface area contributed by atoms with Crippen molar-refractivity contribution in [1.82, 2.24) is 0 Å². The van der Waals surface area contributed by atoms with E-state index in [2.05, 4.69) is 59.8 Å². The molecule has 0 heterocycles. The zero-order valence-corrected chi connectivity index (χ0v) is 16.2. The summed E-state index contributed by atoms with van der Waals surface area (Å²) in [5, 5.41) is 0. The number of allylic oxidation sites excluding steroid dienone is 5. The fourth-order valence-electron chi connectivity index (χ4n) is 2.38. The highest BCUT2D eigenvalue weighted by Crippen LogP contribution is 2.21. The van der Waals surface area contributed by atoms with E-state index < -0.39 is 8.32 Å². The summed E-state index contributed by atoms with van der Waals surface area (Å²) in [6.45, 7) is 13.4. The highest BCUT2D eigenvalue weighted by molar-refractivity contribution is 6.73. The molecule has 0 atom stereocenters. The lowest BCUT2D eigenvalue weighted by atomic mass is 10.1. The highest BCUT2D eigenvalue weighted by Gasteiger charge is 2.28. The summed E-state index contributed by atoms with van der Waals surface area (Å²) < 4.78 is 6.11. The van der Waals surface area contributed by atoms with E-state index in [9.17, 15) is 0 Å². The van der Waals surface area contributed by atoms with Crippen LogP contribution >= 0.6 is 0 Å². The molecular formula is C19H36OSi. The average Bonchev–Trinajstić information content (AvgIpc) is 2.47. The van der Waals surface area contributed by atoms with Gasteiger partial charge in [0.05, 0.1) is 6.26 Å². The Hall–Kier alpha value is -0.763. The Bertz CT molecular complexity index is 336. The predicted octanol–water partition coefficient (Wildman–Crippen LogP) is 6.99. The van der Waals surface area contributed by atoms with E-state index in [-0.39, 0.29) is 0 Å². The zero-order chi connectivity index (χ0) is 16.1. The van der Waals surface area contributed by atoms with Gasteiger partial charge in [0.25, 0.3) is 0 Å². The number of hydrogen-bond acceptors (Lipinski definition) is 1. The largest absolute Gasteiger partial charge is 0.549 e. The fraction of sp³-hybridized carbons (Fsp3) is 0.684. The lowest BCUT2D eigenvalue weighted by Gasteiger charge is -2.26. The maximum absolute atomic E-state index is 6.11. The van der Waals surface area contributed by atoms with E-state index in [1.54, 1.807) is 0 Å². The molecule has 0 aromatic carbocycles. The van der Waals surface area contributed by atoms with Crippen molar-refractivity contribution in [2.24, 2.45) is 0 Å². The molecule has 2 heteroatoms. The Labute approximate surface area is 134 Å². The van der Waals surface area contributed by atoms with Gasteiger partial charge in [-0.15, -0.1) is 0 Å². The van der Waals surface area contributed by atoms with E-state index >= 15 is 0 Å². The van der Waals surface area contributed by atoms with Gasteiger partial charge in [0.1, 0.15) is 0 Å². The average molecular weight is 309 g/mol. The molecule has 0 spiro atoms. The van der Waals surface area contributed by atoms with Crippen molar-refractivity contribution in [2.75, 3.05) is 0 Å². The molecule has 0 saturated carbocycles. The van der Waals surface area contributed by atoms with E-state index in [0.29, 0.717) is 0 Å². The van der Waals surface area contributed by atoms with Gasteiger partial charge in [-0.3, -0.25) is 0 Å². The number of rotatable bonds is 11. The minimum Gasteiger partial charge on any atom is -0.549 e. The Morgan fingerprint density at radius 1 is 0.857 bits per heavy atom. The lowest BCUT2D eigenvalue weighted by Crippen LogP contribution is -2.33. The molecule has 0 rings (SSSR count). The second-order valence-electron chi connectivity index (χ2n) is 6.18. The monoisotopic (exact) mass is 308 g/mol. The van der Waals surface area contributed by atoms with Gasteiger partial charge in [0.15, 0.2) is 0 Å². The van der Waals surface area contributed by atoms with Crippen molar-refractivity contribution in [3.63, 3.8) is 0 Å². The first-order valence-corrected chi connectivity index (χ1v) is 11.1. The first-order valence-electron chi connectivity index (χ1n) is 8.61. The Morgan fingerprint density at radius 3 is 2.00 bits per heavy atom. The second kappa shape index (κ2) is 11.8. The summed E-state index contributed by atoms with van der Waals surface area (Å²) in [6, 6.07) is 3.65. The lowest BCUT2D eigenvalue weighted by molar-refractivity contribution is 0.455. The van der Waals surface area contributed by atoms with Gasteiger partial charge in [0.2, 0.25) is 8.32 Å². The van der Waals surface area contributed by atoms with Gasteiger partial charge < -0.3 is 4.43 Å². The van der Waals surface area contributed by atoms with Crippen molar-refractivity contribution in [2.45, 2.75) is 85.4 Å². The standard InChI is InChI=1S/C19H36OSi/c1-7-21(8-2,9-3)20-17-12-10-11-15-19(6)16-13-14-18(4)5/h12,14-15,17H,7-11,13,16H2,1-6H3/b17-12-,19-15+. The first-order chi connectivity index (χ1) is 9.99. The SMILES string of the molecule is CC[Si](CC)(CC)O/C=C\CC/C=C(\C)CCC=C(C)C. The molecule has 0 amide bonds. The molecule has 0 aliphatic carbocycles. The molecule has 122 valence electrons. The Balaban J connectivity index is 3.98. The normalized spacial score (nSPS) is 12.8. The predicted molar refractivity (Wildman–Crippen MR) is 99.1 cm³/mol. The molecule has 0 fully saturated rings. The Kier molecular flexibility index (Phi) is 11.4. The third-order valence-corrected chi connectivity index (χ3v) is 8.77. The summed E-state index contributed by atoms with van der Waals surface area (Å²) >= 11 is 0. The molecule has 0 aliphatic heterocycles. The van der Waals surface area contributed by atoms with Crippen molar-refractivity contribution < 1.29 is 4.43 Å². The van der Waals surface area contributed by atoms with Gasteiger partial charge in [0, 0.05) is 0 Å².